The van der Waals surface area contributed by atoms with Crippen molar-refractivity contribution in [3.63, 3.8) is 0 Å². The molecule has 0 aliphatic rings. The number of nitrogens with one attached hydrogen (secondary N) is 2. The van der Waals surface area contributed by atoms with Crippen LogP contribution in [0.15, 0.2) is 30.8 Å². The van der Waals surface area contributed by atoms with Crippen molar-refractivity contribution in [3.8, 4) is 0 Å². The number of nitrogens with zero attached hydrogens (tertiary/aromatic N) is 1. The molecule has 0 fully saturated rings. The van der Waals surface area contributed by atoms with Crippen molar-refractivity contribution in [1.82, 2.24) is 15.5 Å². The Hall–Kier alpha value is -3.36. The maximum atomic E-state index is 13.8. The minimum absolute atomic E-state index is 0.407. The molecule has 1 aromatic carbocycles. The normalized spacial score (nSPS) is 13.4. The first-order chi connectivity index (χ1) is 15.9. The standard InChI is InChI=1S/C26H40N4O5/c1-10-17-12-11-13-18(14-17)21(22(32)29-25(4,5)6)30(16(2)3)23(33)19(15-20(27)31)28-24(34)35-26(7,8)9/h10-14,16,19,21H,1,15H2,2-9H3,(H2,27,31)(H,28,34)(H,29,32). The van der Waals surface area contributed by atoms with Gasteiger partial charge in [0, 0.05) is 11.6 Å². The van der Waals surface area contributed by atoms with Crippen molar-refractivity contribution in [2.45, 2.75) is 91.1 Å². The molecule has 0 saturated carbocycles. The van der Waals surface area contributed by atoms with Gasteiger partial charge in [-0.15, -0.1) is 0 Å². The number of benzene rings is 1. The molecule has 2 atom stereocenters. The lowest BCUT2D eigenvalue weighted by Crippen LogP contribution is -2.57. The monoisotopic (exact) mass is 488 g/mol. The van der Waals surface area contributed by atoms with E-state index in [1.807, 2.05) is 26.8 Å². The third-order valence-corrected chi connectivity index (χ3v) is 4.69. The number of alkyl carbamates (subject to hydrolysis) is 1. The molecule has 4 N–H and O–H groups in total. The van der Waals surface area contributed by atoms with Crippen LogP contribution in [0.2, 0.25) is 0 Å². The van der Waals surface area contributed by atoms with Crippen LogP contribution in [0.5, 0.6) is 0 Å². The summed E-state index contributed by atoms with van der Waals surface area (Å²) in [6.45, 7) is 17.8. The summed E-state index contributed by atoms with van der Waals surface area (Å²) >= 11 is 0. The molecule has 9 nitrogen and oxygen atoms in total. The molecule has 35 heavy (non-hydrogen) atoms. The number of primary amides is 1. The van der Waals surface area contributed by atoms with Gasteiger partial charge in [-0.3, -0.25) is 14.4 Å². The van der Waals surface area contributed by atoms with Crippen LogP contribution in [-0.4, -0.2) is 51.9 Å². The van der Waals surface area contributed by atoms with Crippen LogP contribution in [0.1, 0.15) is 79.0 Å². The molecule has 0 aromatic heterocycles. The number of nitrogens with two attached hydrogens (primary N) is 1. The van der Waals surface area contributed by atoms with Gasteiger partial charge >= 0.3 is 6.09 Å². The van der Waals surface area contributed by atoms with Crippen LogP contribution in [0.3, 0.4) is 0 Å². The molecule has 9 heteroatoms. The van der Waals surface area contributed by atoms with Crippen LogP contribution in [0.25, 0.3) is 6.08 Å². The van der Waals surface area contributed by atoms with E-state index in [0.29, 0.717) is 5.56 Å². The molecule has 0 spiro atoms. The summed E-state index contributed by atoms with van der Waals surface area (Å²) in [5.41, 5.74) is 5.33. The minimum atomic E-state index is -1.32. The molecule has 0 heterocycles. The van der Waals surface area contributed by atoms with Crippen molar-refractivity contribution < 1.29 is 23.9 Å². The predicted molar refractivity (Wildman–Crippen MR) is 136 cm³/mol. The highest BCUT2D eigenvalue weighted by molar-refractivity contribution is 5.95. The summed E-state index contributed by atoms with van der Waals surface area (Å²) in [6, 6.07) is 4.28. The molecule has 194 valence electrons. The maximum Gasteiger partial charge on any atom is 0.408 e. The minimum Gasteiger partial charge on any atom is -0.444 e. The first-order valence-corrected chi connectivity index (χ1v) is 11.6. The Morgan fingerprint density at radius 1 is 1.11 bits per heavy atom. The number of carbonyl (C=O) groups is 4. The fourth-order valence-corrected chi connectivity index (χ4v) is 3.44. The molecule has 1 aromatic rings. The molecule has 0 aliphatic carbocycles. The number of amides is 4. The topological polar surface area (TPSA) is 131 Å². The average Bonchev–Trinajstić information content (AvgIpc) is 2.67. The fraction of sp³-hybridized carbons (Fsp3) is 0.538. The molecule has 0 bridgehead atoms. The van der Waals surface area contributed by atoms with E-state index in [4.69, 9.17) is 10.5 Å². The summed E-state index contributed by atoms with van der Waals surface area (Å²) in [7, 11) is 0. The summed E-state index contributed by atoms with van der Waals surface area (Å²) in [4.78, 5) is 52.9. The van der Waals surface area contributed by atoms with Crippen molar-refractivity contribution in [1.29, 1.82) is 0 Å². The summed E-state index contributed by atoms with van der Waals surface area (Å²) < 4.78 is 5.27. The molecule has 0 radical (unpaired) electrons. The Bertz CT molecular complexity index is 944. The smallest absolute Gasteiger partial charge is 0.408 e. The second kappa shape index (κ2) is 11.9. The zero-order chi connectivity index (χ0) is 27.1. The van der Waals surface area contributed by atoms with Gasteiger partial charge in [-0.1, -0.05) is 30.9 Å². The Labute approximate surface area is 208 Å². The molecule has 2 unspecified atom stereocenters. The highest BCUT2D eigenvalue weighted by Gasteiger charge is 2.39. The molecular formula is C26H40N4O5. The number of hydrogen-bond donors (Lipinski definition) is 3. The number of ether oxygens (including phenoxy) is 1. The zero-order valence-electron chi connectivity index (χ0n) is 22.1. The second-order valence-electron chi connectivity index (χ2n) is 10.7. The van der Waals surface area contributed by atoms with E-state index in [2.05, 4.69) is 17.2 Å². The van der Waals surface area contributed by atoms with E-state index in [0.717, 1.165) is 5.56 Å². The highest BCUT2D eigenvalue weighted by atomic mass is 16.6. The van der Waals surface area contributed by atoms with Crippen molar-refractivity contribution in [2.75, 3.05) is 0 Å². The van der Waals surface area contributed by atoms with E-state index in [9.17, 15) is 19.2 Å². The lowest BCUT2D eigenvalue weighted by Gasteiger charge is -2.38. The van der Waals surface area contributed by atoms with E-state index in [1.54, 1.807) is 58.9 Å². The van der Waals surface area contributed by atoms with Crippen molar-refractivity contribution >= 4 is 29.9 Å². The predicted octanol–water partition coefficient (Wildman–Crippen LogP) is 3.29. The largest absolute Gasteiger partial charge is 0.444 e. The van der Waals surface area contributed by atoms with Gasteiger partial charge in [-0.25, -0.2) is 4.79 Å². The van der Waals surface area contributed by atoms with Gasteiger partial charge in [0.25, 0.3) is 0 Å². The quantitative estimate of drug-likeness (QED) is 0.491. The Morgan fingerprint density at radius 3 is 2.17 bits per heavy atom. The summed E-state index contributed by atoms with van der Waals surface area (Å²) in [5, 5.41) is 5.39. The van der Waals surface area contributed by atoms with Gasteiger partial charge in [-0.2, -0.15) is 0 Å². The Kier molecular flexibility index (Phi) is 10.1. The van der Waals surface area contributed by atoms with Crippen LogP contribution < -0.4 is 16.4 Å². The van der Waals surface area contributed by atoms with Gasteiger partial charge in [0.2, 0.25) is 17.7 Å². The number of carbonyl (C=O) groups excluding carboxylic acids is 4. The molecular weight excluding hydrogens is 448 g/mol. The van der Waals surface area contributed by atoms with E-state index < -0.39 is 59.5 Å². The lowest BCUT2D eigenvalue weighted by atomic mass is 9.97. The van der Waals surface area contributed by atoms with E-state index >= 15 is 0 Å². The lowest BCUT2D eigenvalue weighted by molar-refractivity contribution is -0.146. The van der Waals surface area contributed by atoms with E-state index in [-0.39, 0.29) is 0 Å². The third-order valence-electron chi connectivity index (χ3n) is 4.69. The van der Waals surface area contributed by atoms with Gasteiger partial charge in [-0.05, 0) is 72.6 Å². The Balaban J connectivity index is 3.56. The number of rotatable bonds is 9. The van der Waals surface area contributed by atoms with Gasteiger partial charge in [0.15, 0.2) is 0 Å². The van der Waals surface area contributed by atoms with Crippen LogP contribution in [0.4, 0.5) is 4.79 Å². The fourth-order valence-electron chi connectivity index (χ4n) is 3.44. The van der Waals surface area contributed by atoms with E-state index in [1.165, 1.54) is 4.90 Å². The van der Waals surface area contributed by atoms with Crippen LogP contribution in [0, 0.1) is 0 Å². The van der Waals surface area contributed by atoms with Crippen LogP contribution in [-0.2, 0) is 19.1 Å². The SMILES string of the molecule is C=Cc1cccc(C(C(=O)NC(C)(C)C)N(C(=O)C(CC(N)=O)NC(=O)OC(C)(C)C)C(C)C)c1. The molecule has 4 amide bonds. The molecule has 0 saturated heterocycles. The molecule has 1 rings (SSSR count). The zero-order valence-corrected chi connectivity index (χ0v) is 22.1. The highest BCUT2D eigenvalue weighted by Crippen LogP contribution is 2.27. The van der Waals surface area contributed by atoms with Gasteiger partial charge in [0.1, 0.15) is 17.7 Å². The van der Waals surface area contributed by atoms with Gasteiger partial charge < -0.3 is 26.0 Å². The van der Waals surface area contributed by atoms with Crippen LogP contribution >= 0.6 is 0 Å². The number of hydrogen-bond acceptors (Lipinski definition) is 5. The van der Waals surface area contributed by atoms with Gasteiger partial charge in [0.05, 0.1) is 6.42 Å². The molecule has 0 aliphatic heterocycles. The maximum absolute atomic E-state index is 13.8. The Morgan fingerprint density at radius 2 is 1.71 bits per heavy atom. The third kappa shape index (κ3) is 9.80. The first-order valence-electron chi connectivity index (χ1n) is 11.6. The van der Waals surface area contributed by atoms with Crippen molar-refractivity contribution in [2.24, 2.45) is 5.73 Å². The summed E-state index contributed by atoms with van der Waals surface area (Å²) in [6.07, 6.45) is 0.316. The second-order valence-corrected chi connectivity index (χ2v) is 10.7. The van der Waals surface area contributed by atoms with Crippen molar-refractivity contribution in [3.05, 3.63) is 42.0 Å². The average molecular weight is 489 g/mol. The first kappa shape index (κ1) is 29.7. The summed E-state index contributed by atoms with van der Waals surface area (Å²) in [5.74, 6) is -1.83.